The molecule has 0 aromatic heterocycles. The summed E-state index contributed by atoms with van der Waals surface area (Å²) in [5.74, 6) is -1.11. The lowest BCUT2D eigenvalue weighted by molar-refractivity contribution is -0.136. The Hall–Kier alpha value is -1.88. The Labute approximate surface area is 113 Å². The van der Waals surface area contributed by atoms with Gasteiger partial charge < -0.3 is 15.7 Å². The van der Waals surface area contributed by atoms with Crippen molar-refractivity contribution in [2.45, 2.75) is 32.7 Å². The molecule has 0 saturated heterocycles. The van der Waals surface area contributed by atoms with Crippen molar-refractivity contribution in [3.05, 3.63) is 29.8 Å². The number of hydrogen-bond donors (Lipinski definition) is 3. The lowest BCUT2D eigenvalue weighted by Gasteiger charge is -2.25. The van der Waals surface area contributed by atoms with Crippen LogP contribution >= 0.6 is 0 Å². The Morgan fingerprint density at radius 2 is 1.89 bits per heavy atom. The summed E-state index contributed by atoms with van der Waals surface area (Å²) in [7, 11) is 0. The molecule has 104 valence electrons. The first-order chi connectivity index (χ1) is 8.86. The molecule has 0 aliphatic carbocycles. The van der Waals surface area contributed by atoms with Crippen LogP contribution in [0.25, 0.3) is 0 Å². The highest BCUT2D eigenvalue weighted by Gasteiger charge is 2.26. The zero-order chi connectivity index (χ0) is 14.5. The smallest absolute Gasteiger partial charge is 0.307 e. The van der Waals surface area contributed by atoms with Gasteiger partial charge in [-0.3, -0.25) is 9.59 Å². The molecule has 0 unspecified atom stereocenters. The Morgan fingerprint density at radius 1 is 1.26 bits per heavy atom. The van der Waals surface area contributed by atoms with E-state index in [-0.39, 0.29) is 12.3 Å². The number of carboxylic acid groups (broad SMARTS) is 1. The number of para-hydroxylation sites is 1. The molecule has 0 bridgehead atoms. The predicted molar refractivity (Wildman–Crippen MR) is 74.2 cm³/mol. The summed E-state index contributed by atoms with van der Waals surface area (Å²) in [4.78, 5) is 22.9. The van der Waals surface area contributed by atoms with Crippen LogP contribution in [-0.2, 0) is 16.0 Å². The van der Waals surface area contributed by atoms with E-state index in [0.29, 0.717) is 17.8 Å². The molecule has 0 radical (unpaired) electrons. The number of amides is 1. The number of benzene rings is 1. The summed E-state index contributed by atoms with van der Waals surface area (Å²) in [6, 6.07) is 6.92. The quantitative estimate of drug-likeness (QED) is 0.730. The second-order valence-electron chi connectivity index (χ2n) is 4.84. The van der Waals surface area contributed by atoms with Crippen molar-refractivity contribution in [3.8, 4) is 0 Å². The fourth-order valence-electron chi connectivity index (χ4n) is 1.76. The molecule has 19 heavy (non-hydrogen) atoms. The molecule has 1 aromatic rings. The van der Waals surface area contributed by atoms with Gasteiger partial charge in [-0.05, 0) is 32.0 Å². The Bertz CT molecular complexity index is 470. The van der Waals surface area contributed by atoms with Crippen molar-refractivity contribution < 1.29 is 14.7 Å². The summed E-state index contributed by atoms with van der Waals surface area (Å²) in [6.45, 7) is 6.17. The maximum Gasteiger partial charge on any atom is 0.307 e. The lowest BCUT2D eigenvalue weighted by Crippen LogP contribution is -2.49. The number of anilines is 1. The molecule has 3 N–H and O–H groups in total. The van der Waals surface area contributed by atoms with E-state index in [1.807, 2.05) is 6.92 Å². The van der Waals surface area contributed by atoms with Crippen molar-refractivity contribution >= 4 is 17.6 Å². The highest BCUT2D eigenvalue weighted by molar-refractivity contribution is 5.98. The van der Waals surface area contributed by atoms with Gasteiger partial charge in [0.2, 0.25) is 5.91 Å². The number of nitrogens with one attached hydrogen (secondary N) is 2. The number of aliphatic carboxylic acids is 1. The van der Waals surface area contributed by atoms with Crippen LogP contribution < -0.4 is 10.6 Å². The fraction of sp³-hybridized carbons (Fsp3) is 0.429. The normalized spacial score (nSPS) is 11.1. The third-order valence-corrected chi connectivity index (χ3v) is 2.79. The van der Waals surface area contributed by atoms with E-state index in [4.69, 9.17) is 5.11 Å². The minimum absolute atomic E-state index is 0.113. The van der Waals surface area contributed by atoms with E-state index in [2.05, 4.69) is 10.6 Å². The van der Waals surface area contributed by atoms with Crippen LogP contribution in [0.2, 0.25) is 0 Å². The van der Waals surface area contributed by atoms with E-state index in [1.54, 1.807) is 38.1 Å². The molecule has 0 saturated carbocycles. The molecule has 0 heterocycles. The van der Waals surface area contributed by atoms with Crippen LogP contribution in [-0.4, -0.2) is 29.1 Å². The first-order valence-electron chi connectivity index (χ1n) is 6.23. The van der Waals surface area contributed by atoms with Crippen molar-refractivity contribution in [2.75, 3.05) is 11.9 Å². The summed E-state index contributed by atoms with van der Waals surface area (Å²) in [6.07, 6.45) is -0.113. The maximum absolute atomic E-state index is 12.1. The number of carbonyl (C=O) groups excluding carboxylic acids is 1. The van der Waals surface area contributed by atoms with Gasteiger partial charge in [0.1, 0.15) is 0 Å². The van der Waals surface area contributed by atoms with Gasteiger partial charge in [0, 0.05) is 5.69 Å². The predicted octanol–water partition coefficient (Wildman–Crippen LogP) is 1.64. The van der Waals surface area contributed by atoms with Gasteiger partial charge in [-0.25, -0.2) is 0 Å². The maximum atomic E-state index is 12.1. The van der Waals surface area contributed by atoms with E-state index >= 15 is 0 Å². The molecule has 0 aliphatic heterocycles. The van der Waals surface area contributed by atoms with Crippen molar-refractivity contribution in [1.29, 1.82) is 0 Å². The number of hydrogen-bond acceptors (Lipinski definition) is 3. The topological polar surface area (TPSA) is 78.4 Å². The van der Waals surface area contributed by atoms with Crippen LogP contribution in [0.5, 0.6) is 0 Å². The van der Waals surface area contributed by atoms with E-state index < -0.39 is 11.5 Å². The monoisotopic (exact) mass is 264 g/mol. The third-order valence-electron chi connectivity index (χ3n) is 2.79. The lowest BCUT2D eigenvalue weighted by atomic mass is 10.0. The molecule has 0 atom stereocenters. The number of rotatable bonds is 6. The van der Waals surface area contributed by atoms with Gasteiger partial charge >= 0.3 is 5.97 Å². The van der Waals surface area contributed by atoms with Gasteiger partial charge in [-0.1, -0.05) is 25.1 Å². The van der Waals surface area contributed by atoms with Gasteiger partial charge in [0.25, 0.3) is 0 Å². The highest BCUT2D eigenvalue weighted by Crippen LogP contribution is 2.17. The minimum Gasteiger partial charge on any atom is -0.481 e. The number of carbonyl (C=O) groups is 2. The van der Waals surface area contributed by atoms with E-state index in [9.17, 15) is 9.59 Å². The summed E-state index contributed by atoms with van der Waals surface area (Å²) < 4.78 is 0. The largest absolute Gasteiger partial charge is 0.481 e. The van der Waals surface area contributed by atoms with Crippen LogP contribution in [0.1, 0.15) is 26.3 Å². The van der Waals surface area contributed by atoms with Crippen LogP contribution in [0.4, 0.5) is 5.69 Å². The molecule has 0 fully saturated rings. The fourth-order valence-corrected chi connectivity index (χ4v) is 1.76. The Balaban J connectivity index is 2.87. The van der Waals surface area contributed by atoms with E-state index in [0.717, 1.165) is 0 Å². The molecule has 1 amide bonds. The first-order valence-corrected chi connectivity index (χ1v) is 6.23. The summed E-state index contributed by atoms with van der Waals surface area (Å²) in [5, 5.41) is 14.7. The summed E-state index contributed by atoms with van der Waals surface area (Å²) >= 11 is 0. The van der Waals surface area contributed by atoms with Crippen molar-refractivity contribution in [3.63, 3.8) is 0 Å². The van der Waals surface area contributed by atoms with Gasteiger partial charge in [-0.2, -0.15) is 0 Å². The molecule has 1 aromatic carbocycles. The number of carboxylic acids is 1. The van der Waals surface area contributed by atoms with Crippen LogP contribution in [0.15, 0.2) is 24.3 Å². The van der Waals surface area contributed by atoms with Crippen LogP contribution in [0.3, 0.4) is 0 Å². The molecule has 0 spiro atoms. The van der Waals surface area contributed by atoms with Crippen molar-refractivity contribution in [1.82, 2.24) is 5.32 Å². The Kier molecular flexibility index (Phi) is 5.06. The van der Waals surface area contributed by atoms with Gasteiger partial charge in [-0.15, -0.1) is 0 Å². The zero-order valence-electron chi connectivity index (χ0n) is 11.5. The molecular weight excluding hydrogens is 244 g/mol. The molecule has 0 aliphatic rings. The minimum atomic E-state index is -0.923. The first kappa shape index (κ1) is 15.2. The van der Waals surface area contributed by atoms with Gasteiger partial charge in [0.15, 0.2) is 0 Å². The highest BCUT2D eigenvalue weighted by atomic mass is 16.4. The molecule has 5 heteroatoms. The molecule has 5 nitrogen and oxygen atoms in total. The molecule has 1 rings (SSSR count). The van der Waals surface area contributed by atoms with E-state index in [1.165, 1.54) is 0 Å². The van der Waals surface area contributed by atoms with Gasteiger partial charge in [0.05, 0.1) is 12.0 Å². The summed E-state index contributed by atoms with van der Waals surface area (Å²) in [5.41, 5.74) is 0.432. The standard InChI is InChI=1S/C14H20N2O3/c1-4-15-14(2,3)13(19)16-11-8-6-5-7-10(11)9-12(17)18/h5-8,15H,4,9H2,1-3H3,(H,16,19)(H,17,18). The average Bonchev–Trinajstić information content (AvgIpc) is 2.30. The van der Waals surface area contributed by atoms with Crippen LogP contribution in [0, 0.1) is 0 Å². The Morgan fingerprint density at radius 3 is 2.47 bits per heavy atom. The second-order valence-corrected chi connectivity index (χ2v) is 4.84. The second kappa shape index (κ2) is 6.33. The SMILES string of the molecule is CCNC(C)(C)C(=O)Nc1ccccc1CC(=O)O. The third kappa shape index (κ3) is 4.37. The molecular formula is C14H20N2O3. The number of likely N-dealkylation sites (N-methyl/N-ethyl adjacent to an activating group) is 1. The zero-order valence-corrected chi connectivity index (χ0v) is 11.5. The van der Waals surface area contributed by atoms with Crippen molar-refractivity contribution in [2.24, 2.45) is 0 Å². The average molecular weight is 264 g/mol.